The Balaban J connectivity index is 1.73. The summed E-state index contributed by atoms with van der Waals surface area (Å²) < 4.78 is 7.19. The van der Waals surface area contributed by atoms with Gasteiger partial charge in [0.15, 0.2) is 0 Å². The molecule has 138 valence electrons. The predicted octanol–water partition coefficient (Wildman–Crippen LogP) is 3.69. The normalized spacial score (nSPS) is 11.4. The van der Waals surface area contributed by atoms with E-state index in [2.05, 4.69) is 15.1 Å². The predicted molar refractivity (Wildman–Crippen MR) is 106 cm³/mol. The lowest BCUT2D eigenvalue weighted by Gasteiger charge is -2.12. The minimum absolute atomic E-state index is 0.0813. The Hall–Kier alpha value is -3.35. The Bertz CT molecular complexity index is 1170. The lowest BCUT2D eigenvalue weighted by Crippen LogP contribution is -2.18. The van der Waals surface area contributed by atoms with Crippen molar-refractivity contribution in [2.75, 3.05) is 19.0 Å². The highest BCUT2D eigenvalue weighted by Crippen LogP contribution is 2.27. The molecule has 0 spiro atoms. The van der Waals surface area contributed by atoms with E-state index in [-0.39, 0.29) is 11.7 Å². The molecule has 2 aromatic heterocycles. The molecule has 7 nitrogen and oxygen atoms in total. The van der Waals surface area contributed by atoms with Gasteiger partial charge in [-0.3, -0.25) is 4.57 Å². The number of nitrogens with one attached hydrogen (secondary N) is 1. The number of fused-ring (bicyclic) bond motifs is 1. The van der Waals surface area contributed by atoms with Crippen LogP contribution in [0.25, 0.3) is 33.9 Å². The third-order valence-corrected chi connectivity index (χ3v) is 4.53. The van der Waals surface area contributed by atoms with Crippen molar-refractivity contribution >= 4 is 16.7 Å². The maximum atomic E-state index is 12.2. The molecule has 0 atom stereocenters. The second-order valence-electron chi connectivity index (χ2n) is 6.99. The first-order chi connectivity index (χ1) is 12.9. The van der Waals surface area contributed by atoms with Crippen molar-refractivity contribution in [3.05, 3.63) is 52.9 Å². The molecule has 0 unspecified atom stereocenters. The van der Waals surface area contributed by atoms with Gasteiger partial charge in [0, 0.05) is 37.0 Å². The third-order valence-electron chi connectivity index (χ3n) is 4.53. The lowest BCUT2D eigenvalue weighted by atomic mass is 10.1. The summed E-state index contributed by atoms with van der Waals surface area (Å²) in [6.07, 6.45) is 0. The van der Waals surface area contributed by atoms with Gasteiger partial charge in [-0.05, 0) is 50.2 Å². The average Bonchev–Trinajstić information content (AvgIpc) is 3.24. The fourth-order valence-electron chi connectivity index (χ4n) is 3.16. The fraction of sp³-hybridized carbons (Fsp3) is 0.250. The van der Waals surface area contributed by atoms with Crippen molar-refractivity contribution in [2.45, 2.75) is 19.9 Å². The van der Waals surface area contributed by atoms with Crippen molar-refractivity contribution in [1.29, 1.82) is 0 Å². The summed E-state index contributed by atoms with van der Waals surface area (Å²) in [5.41, 5.74) is 4.21. The zero-order chi connectivity index (χ0) is 19.1. The molecule has 0 aliphatic carbocycles. The van der Waals surface area contributed by atoms with E-state index in [0.29, 0.717) is 11.7 Å². The van der Waals surface area contributed by atoms with Crippen LogP contribution in [-0.4, -0.2) is 33.8 Å². The smallest absolute Gasteiger partial charge is 0.326 e. The average molecular weight is 363 g/mol. The van der Waals surface area contributed by atoms with Gasteiger partial charge in [-0.2, -0.15) is 4.98 Å². The number of aromatic nitrogens is 4. The molecule has 2 heterocycles. The summed E-state index contributed by atoms with van der Waals surface area (Å²) in [6, 6.07) is 13.7. The quantitative estimate of drug-likeness (QED) is 0.598. The number of imidazole rings is 1. The van der Waals surface area contributed by atoms with E-state index in [4.69, 9.17) is 4.52 Å². The van der Waals surface area contributed by atoms with Crippen molar-refractivity contribution in [1.82, 2.24) is 19.7 Å². The summed E-state index contributed by atoms with van der Waals surface area (Å²) in [6.45, 7) is 3.96. The van der Waals surface area contributed by atoms with Crippen LogP contribution in [0.2, 0.25) is 0 Å². The van der Waals surface area contributed by atoms with Crippen molar-refractivity contribution in [3.63, 3.8) is 0 Å². The maximum Gasteiger partial charge on any atom is 0.326 e. The highest BCUT2D eigenvalue weighted by Gasteiger charge is 2.14. The van der Waals surface area contributed by atoms with E-state index in [1.165, 1.54) is 0 Å². The number of anilines is 1. The van der Waals surface area contributed by atoms with Gasteiger partial charge in [0.05, 0.1) is 11.0 Å². The Morgan fingerprint density at radius 3 is 2.67 bits per heavy atom. The number of benzene rings is 2. The molecule has 0 saturated carbocycles. The van der Waals surface area contributed by atoms with Crippen molar-refractivity contribution < 1.29 is 4.52 Å². The molecule has 4 aromatic rings. The first-order valence-corrected chi connectivity index (χ1v) is 8.80. The number of rotatable bonds is 4. The number of nitrogens with zero attached hydrogens (tertiary/aromatic N) is 4. The summed E-state index contributed by atoms with van der Waals surface area (Å²) in [5.74, 6) is 0.947. The second-order valence-corrected chi connectivity index (χ2v) is 6.99. The van der Waals surface area contributed by atoms with E-state index in [1.54, 1.807) is 4.57 Å². The number of aromatic amines is 1. The van der Waals surface area contributed by atoms with Gasteiger partial charge < -0.3 is 14.4 Å². The van der Waals surface area contributed by atoms with Crippen LogP contribution in [0.5, 0.6) is 0 Å². The van der Waals surface area contributed by atoms with E-state index in [0.717, 1.165) is 27.8 Å². The molecule has 0 amide bonds. The summed E-state index contributed by atoms with van der Waals surface area (Å²) in [4.78, 5) is 21.6. The van der Waals surface area contributed by atoms with Gasteiger partial charge in [-0.25, -0.2) is 4.79 Å². The molecule has 27 heavy (non-hydrogen) atoms. The van der Waals surface area contributed by atoms with Crippen LogP contribution in [0, 0.1) is 0 Å². The summed E-state index contributed by atoms with van der Waals surface area (Å²) in [5, 5.41) is 4.11. The molecule has 4 rings (SSSR count). The SMILES string of the molecule is CC(C)n1c(=O)[nH]c2cc(-c3noc(-c4cccc(N(C)C)c4)n3)ccc21. The first kappa shape index (κ1) is 17.1. The van der Waals surface area contributed by atoms with Gasteiger partial charge in [0.2, 0.25) is 5.82 Å². The van der Waals surface area contributed by atoms with Gasteiger partial charge in [0.1, 0.15) is 0 Å². The van der Waals surface area contributed by atoms with Crippen LogP contribution < -0.4 is 10.6 Å². The van der Waals surface area contributed by atoms with Gasteiger partial charge in [-0.1, -0.05) is 11.2 Å². The molecule has 7 heteroatoms. The summed E-state index contributed by atoms with van der Waals surface area (Å²) >= 11 is 0. The van der Waals surface area contributed by atoms with Crippen molar-refractivity contribution in [3.8, 4) is 22.8 Å². The third kappa shape index (κ3) is 3.01. The monoisotopic (exact) mass is 363 g/mol. The van der Waals surface area contributed by atoms with Crippen LogP contribution in [0.15, 0.2) is 51.8 Å². The second kappa shape index (κ2) is 6.42. The molecule has 0 aliphatic heterocycles. The number of hydrogen-bond acceptors (Lipinski definition) is 5. The summed E-state index contributed by atoms with van der Waals surface area (Å²) in [7, 11) is 3.97. The topological polar surface area (TPSA) is 80.0 Å². The van der Waals surface area contributed by atoms with Crippen LogP contribution in [-0.2, 0) is 0 Å². The molecule has 0 aliphatic rings. The minimum atomic E-state index is -0.119. The zero-order valence-electron chi connectivity index (χ0n) is 15.7. The Labute approximate surface area is 156 Å². The van der Waals surface area contributed by atoms with E-state index < -0.39 is 0 Å². The molecule has 0 saturated heterocycles. The zero-order valence-corrected chi connectivity index (χ0v) is 15.7. The standard InChI is InChI=1S/C20H21N5O2/c1-12(2)25-17-9-8-13(11-16(17)21-20(25)26)18-22-19(27-23-18)14-6-5-7-15(10-14)24(3)4/h5-12H,1-4H3,(H,21,26). The number of H-pyrrole nitrogens is 1. The van der Waals surface area contributed by atoms with Crippen LogP contribution >= 0.6 is 0 Å². The van der Waals surface area contributed by atoms with Crippen LogP contribution in [0.3, 0.4) is 0 Å². The number of hydrogen-bond donors (Lipinski definition) is 1. The Morgan fingerprint density at radius 2 is 1.93 bits per heavy atom. The van der Waals surface area contributed by atoms with Gasteiger partial charge in [-0.15, -0.1) is 0 Å². The molecule has 0 radical (unpaired) electrons. The highest BCUT2D eigenvalue weighted by atomic mass is 16.5. The molecular formula is C20H21N5O2. The minimum Gasteiger partial charge on any atom is -0.378 e. The lowest BCUT2D eigenvalue weighted by molar-refractivity contribution is 0.432. The molecule has 0 fully saturated rings. The Morgan fingerprint density at radius 1 is 1.11 bits per heavy atom. The van der Waals surface area contributed by atoms with Crippen LogP contribution in [0.1, 0.15) is 19.9 Å². The largest absolute Gasteiger partial charge is 0.378 e. The van der Waals surface area contributed by atoms with Crippen LogP contribution in [0.4, 0.5) is 5.69 Å². The van der Waals surface area contributed by atoms with Crippen molar-refractivity contribution in [2.24, 2.45) is 0 Å². The van der Waals surface area contributed by atoms with E-state index >= 15 is 0 Å². The van der Waals surface area contributed by atoms with Gasteiger partial charge in [0.25, 0.3) is 5.89 Å². The first-order valence-electron chi connectivity index (χ1n) is 8.80. The maximum absolute atomic E-state index is 12.2. The molecule has 1 N–H and O–H groups in total. The van der Waals surface area contributed by atoms with E-state index in [1.807, 2.05) is 75.3 Å². The molecular weight excluding hydrogens is 342 g/mol. The fourth-order valence-corrected chi connectivity index (χ4v) is 3.16. The van der Waals surface area contributed by atoms with E-state index in [9.17, 15) is 4.79 Å². The van der Waals surface area contributed by atoms with Gasteiger partial charge >= 0.3 is 5.69 Å². The Kier molecular flexibility index (Phi) is 4.07. The molecule has 2 aromatic carbocycles. The molecule has 0 bridgehead atoms. The highest BCUT2D eigenvalue weighted by molar-refractivity contribution is 5.81.